The van der Waals surface area contributed by atoms with Crippen molar-refractivity contribution in [1.82, 2.24) is 4.31 Å². The summed E-state index contributed by atoms with van der Waals surface area (Å²) in [6, 6.07) is 14.4. The fourth-order valence-electron chi connectivity index (χ4n) is 3.12. The Balaban J connectivity index is 1.77. The van der Waals surface area contributed by atoms with Crippen molar-refractivity contribution in [3.63, 3.8) is 0 Å². The van der Waals surface area contributed by atoms with Gasteiger partial charge in [0.05, 0.1) is 16.5 Å². The summed E-state index contributed by atoms with van der Waals surface area (Å²) in [6.07, 6.45) is 0. The molecule has 2 aromatic carbocycles. The summed E-state index contributed by atoms with van der Waals surface area (Å²) < 4.78 is 27.1. The zero-order valence-corrected chi connectivity index (χ0v) is 15.3. The van der Waals surface area contributed by atoms with Crippen molar-refractivity contribution < 1.29 is 8.42 Å². The Morgan fingerprint density at radius 2 is 1.68 bits per heavy atom. The number of aryl methyl sites for hydroxylation is 1. The monoisotopic (exact) mass is 355 g/mol. The third-order valence-electron chi connectivity index (χ3n) is 4.76. The molecule has 0 aliphatic carbocycles. The number of hydrogen-bond acceptors (Lipinski definition) is 4. The predicted octanol–water partition coefficient (Wildman–Crippen LogP) is 2.69. The van der Waals surface area contributed by atoms with Crippen molar-refractivity contribution in [3.05, 3.63) is 59.2 Å². The molecule has 0 saturated carbocycles. The van der Waals surface area contributed by atoms with Crippen LogP contribution in [0.5, 0.6) is 0 Å². The predicted molar refractivity (Wildman–Crippen MR) is 98.0 cm³/mol. The molecular weight excluding hydrogens is 334 g/mol. The van der Waals surface area contributed by atoms with Gasteiger partial charge < -0.3 is 4.90 Å². The minimum Gasteiger partial charge on any atom is -0.369 e. The quantitative estimate of drug-likeness (QED) is 0.849. The highest BCUT2D eigenvalue weighted by Crippen LogP contribution is 2.25. The van der Waals surface area contributed by atoms with E-state index in [0.29, 0.717) is 31.7 Å². The minimum atomic E-state index is -3.56. The van der Waals surface area contributed by atoms with E-state index in [4.69, 9.17) is 5.26 Å². The lowest BCUT2D eigenvalue weighted by atomic mass is 10.1. The number of rotatable bonds is 3. The van der Waals surface area contributed by atoms with Crippen LogP contribution in [0.4, 0.5) is 5.69 Å². The van der Waals surface area contributed by atoms with E-state index in [0.717, 1.165) is 0 Å². The van der Waals surface area contributed by atoms with Gasteiger partial charge >= 0.3 is 0 Å². The molecule has 1 saturated heterocycles. The van der Waals surface area contributed by atoms with Crippen LogP contribution in [0.15, 0.2) is 47.4 Å². The number of nitriles is 1. The van der Waals surface area contributed by atoms with Gasteiger partial charge in [0.2, 0.25) is 10.0 Å². The zero-order valence-electron chi connectivity index (χ0n) is 14.4. The lowest BCUT2D eigenvalue weighted by molar-refractivity contribution is 0.384. The van der Waals surface area contributed by atoms with Crippen LogP contribution >= 0.6 is 0 Å². The molecule has 1 heterocycles. The van der Waals surface area contributed by atoms with Gasteiger partial charge in [0.1, 0.15) is 0 Å². The molecule has 0 atom stereocenters. The molecule has 3 rings (SSSR count). The third-order valence-corrected chi connectivity index (χ3v) is 6.65. The molecule has 0 N–H and O–H groups in total. The van der Waals surface area contributed by atoms with Crippen molar-refractivity contribution in [2.75, 3.05) is 31.1 Å². The largest absolute Gasteiger partial charge is 0.369 e. The molecule has 1 aliphatic heterocycles. The average Bonchev–Trinajstić information content (AvgIpc) is 2.64. The van der Waals surface area contributed by atoms with E-state index in [1.807, 2.05) is 12.1 Å². The molecule has 25 heavy (non-hydrogen) atoms. The Labute approximate surface area is 149 Å². The minimum absolute atomic E-state index is 0.187. The second-order valence-electron chi connectivity index (χ2n) is 6.25. The van der Waals surface area contributed by atoms with Crippen LogP contribution in [-0.2, 0) is 10.0 Å². The molecule has 5 nitrogen and oxygen atoms in total. The van der Waals surface area contributed by atoms with Crippen LogP contribution in [0.2, 0.25) is 0 Å². The SMILES string of the molecule is Cc1cccc(N2CCN(S(=O)(=O)c3cccc(C#N)c3)CC2)c1C. The van der Waals surface area contributed by atoms with Crippen LogP contribution < -0.4 is 4.90 Å². The molecule has 0 radical (unpaired) electrons. The maximum atomic E-state index is 12.8. The van der Waals surface area contributed by atoms with E-state index in [1.54, 1.807) is 18.2 Å². The Bertz CT molecular complexity index is 924. The second kappa shape index (κ2) is 6.87. The molecule has 0 aromatic heterocycles. The van der Waals surface area contributed by atoms with Crippen molar-refractivity contribution in [2.45, 2.75) is 18.7 Å². The molecule has 0 amide bonds. The van der Waals surface area contributed by atoms with Gasteiger partial charge in [0, 0.05) is 31.9 Å². The first-order valence-corrected chi connectivity index (χ1v) is 9.69. The van der Waals surface area contributed by atoms with Gasteiger partial charge in [-0.25, -0.2) is 8.42 Å². The first kappa shape index (κ1) is 17.5. The molecule has 0 spiro atoms. The lowest BCUT2D eigenvalue weighted by Gasteiger charge is -2.36. The normalized spacial score (nSPS) is 15.8. The fraction of sp³-hybridized carbons (Fsp3) is 0.316. The summed E-state index contributed by atoms with van der Waals surface area (Å²) in [7, 11) is -3.56. The third kappa shape index (κ3) is 3.39. The standard InChI is InChI=1S/C19H21N3O2S/c1-15-5-3-8-19(16(15)2)21-9-11-22(12-10-21)25(23,24)18-7-4-6-17(13-18)14-20/h3-8,13H,9-12H2,1-2H3. The lowest BCUT2D eigenvalue weighted by Crippen LogP contribution is -2.48. The first-order chi connectivity index (χ1) is 11.9. The van der Waals surface area contributed by atoms with Crippen molar-refractivity contribution >= 4 is 15.7 Å². The van der Waals surface area contributed by atoms with Gasteiger partial charge in [-0.15, -0.1) is 0 Å². The van der Waals surface area contributed by atoms with Crippen LogP contribution in [0, 0.1) is 25.2 Å². The highest BCUT2D eigenvalue weighted by Gasteiger charge is 2.29. The van der Waals surface area contributed by atoms with Crippen molar-refractivity contribution in [2.24, 2.45) is 0 Å². The smallest absolute Gasteiger partial charge is 0.243 e. The molecule has 0 bridgehead atoms. The van der Waals surface area contributed by atoms with E-state index in [-0.39, 0.29) is 4.90 Å². The summed E-state index contributed by atoms with van der Waals surface area (Å²) in [6.45, 7) is 6.37. The number of benzene rings is 2. The molecule has 0 unspecified atom stereocenters. The van der Waals surface area contributed by atoms with E-state index >= 15 is 0 Å². The fourth-order valence-corrected chi connectivity index (χ4v) is 4.59. The van der Waals surface area contributed by atoms with Crippen molar-refractivity contribution in [1.29, 1.82) is 5.26 Å². The Kier molecular flexibility index (Phi) is 4.80. The van der Waals surface area contributed by atoms with Gasteiger partial charge in [-0.1, -0.05) is 18.2 Å². The topological polar surface area (TPSA) is 64.4 Å². The number of anilines is 1. The summed E-state index contributed by atoms with van der Waals surface area (Å²) in [5.41, 5.74) is 4.00. The number of piperazine rings is 1. The number of sulfonamides is 1. The summed E-state index contributed by atoms with van der Waals surface area (Å²) in [5.74, 6) is 0. The first-order valence-electron chi connectivity index (χ1n) is 8.25. The Morgan fingerprint density at radius 3 is 2.36 bits per heavy atom. The summed E-state index contributed by atoms with van der Waals surface area (Å²) in [5, 5.41) is 8.98. The van der Waals surface area contributed by atoms with Crippen LogP contribution in [-0.4, -0.2) is 38.9 Å². The summed E-state index contributed by atoms with van der Waals surface area (Å²) in [4.78, 5) is 2.42. The molecule has 1 fully saturated rings. The van der Waals surface area contributed by atoms with Gasteiger partial charge in [-0.3, -0.25) is 0 Å². The van der Waals surface area contributed by atoms with Crippen LogP contribution in [0.1, 0.15) is 16.7 Å². The Morgan fingerprint density at radius 1 is 1.00 bits per heavy atom. The maximum absolute atomic E-state index is 12.8. The molecular formula is C19H21N3O2S. The number of hydrogen-bond donors (Lipinski definition) is 0. The van der Waals surface area contributed by atoms with E-state index in [9.17, 15) is 8.42 Å². The maximum Gasteiger partial charge on any atom is 0.243 e. The molecule has 6 heteroatoms. The van der Waals surface area contributed by atoms with Gasteiger partial charge in [0.25, 0.3) is 0 Å². The molecule has 130 valence electrons. The highest BCUT2D eigenvalue weighted by atomic mass is 32.2. The van der Waals surface area contributed by atoms with Crippen LogP contribution in [0.25, 0.3) is 0 Å². The molecule has 1 aliphatic rings. The Hall–Kier alpha value is -2.36. The van der Waals surface area contributed by atoms with Gasteiger partial charge in [0.15, 0.2) is 0 Å². The average molecular weight is 355 g/mol. The highest BCUT2D eigenvalue weighted by molar-refractivity contribution is 7.89. The van der Waals surface area contributed by atoms with E-state index in [2.05, 4.69) is 30.9 Å². The van der Waals surface area contributed by atoms with E-state index in [1.165, 1.54) is 27.2 Å². The van der Waals surface area contributed by atoms with Gasteiger partial charge in [-0.2, -0.15) is 9.57 Å². The van der Waals surface area contributed by atoms with E-state index < -0.39 is 10.0 Å². The van der Waals surface area contributed by atoms with Crippen molar-refractivity contribution in [3.8, 4) is 6.07 Å². The van der Waals surface area contributed by atoms with Crippen LogP contribution in [0.3, 0.4) is 0 Å². The number of nitrogens with zero attached hydrogens (tertiary/aromatic N) is 3. The molecule has 2 aromatic rings. The summed E-state index contributed by atoms with van der Waals surface area (Å²) >= 11 is 0. The van der Waals surface area contributed by atoms with Gasteiger partial charge in [-0.05, 0) is 49.2 Å². The zero-order chi connectivity index (χ0) is 18.0. The second-order valence-corrected chi connectivity index (χ2v) is 8.19.